The Morgan fingerprint density at radius 3 is 2.94 bits per heavy atom. The molecule has 5 heteroatoms. The van der Waals surface area contributed by atoms with Crippen LogP contribution in [0.15, 0.2) is 24.3 Å². The van der Waals surface area contributed by atoms with Crippen molar-refractivity contribution in [3.8, 4) is 5.75 Å². The van der Waals surface area contributed by atoms with Gasteiger partial charge >= 0.3 is 5.97 Å². The Kier molecular flexibility index (Phi) is 3.84. The lowest BCUT2D eigenvalue weighted by atomic mass is 10.0. The molecule has 0 aliphatic carbocycles. The van der Waals surface area contributed by atoms with Gasteiger partial charge in [-0.05, 0) is 24.7 Å². The summed E-state index contributed by atoms with van der Waals surface area (Å²) in [5, 5.41) is 18.5. The van der Waals surface area contributed by atoms with Crippen LogP contribution in [0.5, 0.6) is 5.75 Å². The first kappa shape index (κ1) is 12.9. The number of benzene rings is 1. The number of hydrogen-bond acceptors (Lipinski definition) is 4. The molecule has 0 radical (unpaired) electrons. The molecule has 0 aromatic heterocycles. The molecule has 18 heavy (non-hydrogen) atoms. The minimum Gasteiger partial charge on any atom is -0.508 e. The number of hydrogen-bond donors (Lipinski definition) is 2. The number of phenols is 1. The molecular formula is C13H17NO4. The van der Waals surface area contributed by atoms with Crippen LogP contribution in [-0.4, -0.2) is 47.4 Å². The fourth-order valence-electron chi connectivity index (χ4n) is 2.27. The van der Waals surface area contributed by atoms with Crippen LogP contribution in [0, 0.1) is 5.92 Å². The molecule has 5 nitrogen and oxygen atoms in total. The van der Waals surface area contributed by atoms with E-state index in [0.717, 1.165) is 5.56 Å². The predicted octanol–water partition coefficient (Wildman–Crippen LogP) is 0.924. The van der Waals surface area contributed by atoms with Gasteiger partial charge in [0.05, 0.1) is 19.1 Å². The molecular weight excluding hydrogens is 234 g/mol. The number of carbonyl (C=O) groups is 1. The number of carboxylic acid groups (broad SMARTS) is 1. The second-order valence-electron chi connectivity index (χ2n) is 4.63. The van der Waals surface area contributed by atoms with E-state index in [1.165, 1.54) is 0 Å². The number of rotatable bonds is 4. The highest BCUT2D eigenvalue weighted by atomic mass is 16.5. The average Bonchev–Trinajstić information content (AvgIpc) is 2.77. The van der Waals surface area contributed by atoms with E-state index in [1.807, 2.05) is 18.0 Å². The van der Waals surface area contributed by atoms with E-state index < -0.39 is 11.9 Å². The topological polar surface area (TPSA) is 70.0 Å². The van der Waals surface area contributed by atoms with Crippen LogP contribution in [0.25, 0.3) is 0 Å². The normalized spacial score (nSPS) is 23.4. The van der Waals surface area contributed by atoms with Gasteiger partial charge in [-0.3, -0.25) is 9.69 Å². The lowest BCUT2D eigenvalue weighted by Crippen LogP contribution is -2.40. The van der Waals surface area contributed by atoms with Crippen molar-refractivity contribution in [2.24, 2.45) is 5.92 Å². The molecule has 1 saturated heterocycles. The van der Waals surface area contributed by atoms with Crippen molar-refractivity contribution in [2.75, 3.05) is 20.3 Å². The van der Waals surface area contributed by atoms with Crippen molar-refractivity contribution >= 4 is 5.97 Å². The van der Waals surface area contributed by atoms with Crippen LogP contribution < -0.4 is 0 Å². The molecule has 0 saturated carbocycles. The van der Waals surface area contributed by atoms with Crippen molar-refractivity contribution in [2.45, 2.75) is 12.6 Å². The van der Waals surface area contributed by atoms with Gasteiger partial charge < -0.3 is 14.9 Å². The Hall–Kier alpha value is -1.59. The van der Waals surface area contributed by atoms with E-state index in [2.05, 4.69) is 0 Å². The molecule has 2 unspecified atom stereocenters. The molecule has 0 spiro atoms. The summed E-state index contributed by atoms with van der Waals surface area (Å²) in [7, 11) is 1.87. The maximum atomic E-state index is 11.1. The maximum absolute atomic E-state index is 11.1. The Morgan fingerprint density at radius 2 is 2.28 bits per heavy atom. The standard InChI is InChI=1S/C13H17NO4/c1-14(6-9-3-2-4-10(15)5-9)12-8-18-7-11(12)13(16)17/h2-5,11-12,15H,6-8H2,1H3,(H,16,17). The van der Waals surface area contributed by atoms with Crippen LogP contribution in [0.1, 0.15) is 5.56 Å². The molecule has 0 bridgehead atoms. The Labute approximate surface area is 106 Å². The van der Waals surface area contributed by atoms with Crippen LogP contribution in [0.2, 0.25) is 0 Å². The third kappa shape index (κ3) is 2.80. The van der Waals surface area contributed by atoms with Gasteiger partial charge in [0.25, 0.3) is 0 Å². The van der Waals surface area contributed by atoms with Gasteiger partial charge in [-0.2, -0.15) is 0 Å². The summed E-state index contributed by atoms with van der Waals surface area (Å²) < 4.78 is 5.24. The van der Waals surface area contributed by atoms with E-state index in [0.29, 0.717) is 13.2 Å². The van der Waals surface area contributed by atoms with Gasteiger partial charge in [0.2, 0.25) is 0 Å². The van der Waals surface area contributed by atoms with Crippen molar-refractivity contribution < 1.29 is 19.7 Å². The van der Waals surface area contributed by atoms with Crippen LogP contribution in [0.4, 0.5) is 0 Å². The highest BCUT2D eigenvalue weighted by Crippen LogP contribution is 2.21. The van der Waals surface area contributed by atoms with E-state index in [-0.39, 0.29) is 18.4 Å². The fraction of sp³-hybridized carbons (Fsp3) is 0.462. The van der Waals surface area contributed by atoms with Crippen molar-refractivity contribution in [1.29, 1.82) is 0 Å². The fourth-order valence-corrected chi connectivity index (χ4v) is 2.27. The summed E-state index contributed by atoms with van der Waals surface area (Å²) >= 11 is 0. The zero-order chi connectivity index (χ0) is 13.1. The number of carboxylic acids is 1. The molecule has 1 aliphatic rings. The van der Waals surface area contributed by atoms with Crippen molar-refractivity contribution in [3.63, 3.8) is 0 Å². The second kappa shape index (κ2) is 5.37. The SMILES string of the molecule is CN(Cc1cccc(O)c1)C1COCC1C(=O)O. The van der Waals surface area contributed by atoms with Crippen LogP contribution >= 0.6 is 0 Å². The van der Waals surface area contributed by atoms with Gasteiger partial charge in [0.1, 0.15) is 5.75 Å². The first-order valence-electron chi connectivity index (χ1n) is 5.86. The summed E-state index contributed by atoms with van der Waals surface area (Å²) in [6.45, 7) is 1.29. The van der Waals surface area contributed by atoms with Crippen LogP contribution in [0.3, 0.4) is 0 Å². The Balaban J connectivity index is 2.03. The lowest BCUT2D eigenvalue weighted by Gasteiger charge is -2.26. The maximum Gasteiger partial charge on any atom is 0.310 e. The molecule has 1 fully saturated rings. The minimum atomic E-state index is -0.819. The predicted molar refractivity (Wildman–Crippen MR) is 65.3 cm³/mol. The van der Waals surface area contributed by atoms with Gasteiger partial charge in [0.15, 0.2) is 0 Å². The molecule has 0 amide bonds. The smallest absolute Gasteiger partial charge is 0.310 e. The second-order valence-corrected chi connectivity index (χ2v) is 4.63. The Bertz CT molecular complexity index is 435. The molecule has 1 heterocycles. The van der Waals surface area contributed by atoms with E-state index in [9.17, 15) is 9.90 Å². The van der Waals surface area contributed by atoms with Gasteiger partial charge in [-0.25, -0.2) is 0 Å². The van der Waals surface area contributed by atoms with Gasteiger partial charge in [-0.1, -0.05) is 12.1 Å². The van der Waals surface area contributed by atoms with Gasteiger partial charge in [-0.15, -0.1) is 0 Å². The van der Waals surface area contributed by atoms with Gasteiger partial charge in [0, 0.05) is 12.6 Å². The molecule has 98 valence electrons. The molecule has 2 N–H and O–H groups in total. The molecule has 2 atom stereocenters. The summed E-state index contributed by atoms with van der Waals surface area (Å²) in [4.78, 5) is 13.0. The highest BCUT2D eigenvalue weighted by molar-refractivity contribution is 5.71. The first-order valence-corrected chi connectivity index (χ1v) is 5.86. The lowest BCUT2D eigenvalue weighted by molar-refractivity contribution is -0.143. The number of ether oxygens (including phenoxy) is 1. The number of phenolic OH excluding ortho intramolecular Hbond substituents is 1. The molecule has 1 aromatic carbocycles. The quantitative estimate of drug-likeness (QED) is 0.833. The number of likely N-dealkylation sites (N-methyl/N-ethyl adjacent to an activating group) is 1. The Morgan fingerprint density at radius 1 is 1.50 bits per heavy atom. The molecule has 2 rings (SSSR count). The minimum absolute atomic E-state index is 0.121. The molecule has 1 aromatic rings. The zero-order valence-corrected chi connectivity index (χ0v) is 10.2. The number of aromatic hydroxyl groups is 1. The number of nitrogens with zero attached hydrogens (tertiary/aromatic N) is 1. The van der Waals surface area contributed by atoms with Crippen LogP contribution in [-0.2, 0) is 16.1 Å². The third-order valence-electron chi connectivity index (χ3n) is 3.28. The van der Waals surface area contributed by atoms with E-state index >= 15 is 0 Å². The highest BCUT2D eigenvalue weighted by Gasteiger charge is 2.36. The van der Waals surface area contributed by atoms with Crippen molar-refractivity contribution in [1.82, 2.24) is 4.90 Å². The largest absolute Gasteiger partial charge is 0.508 e. The van der Waals surface area contributed by atoms with E-state index in [1.54, 1.807) is 18.2 Å². The average molecular weight is 251 g/mol. The summed E-state index contributed by atoms with van der Waals surface area (Å²) in [5.41, 5.74) is 0.952. The van der Waals surface area contributed by atoms with E-state index in [4.69, 9.17) is 9.84 Å². The summed E-state index contributed by atoms with van der Waals surface area (Å²) in [5.74, 6) is -1.08. The number of aliphatic carboxylic acids is 1. The summed E-state index contributed by atoms with van der Waals surface area (Å²) in [6.07, 6.45) is 0. The molecule has 1 aliphatic heterocycles. The zero-order valence-electron chi connectivity index (χ0n) is 10.2. The van der Waals surface area contributed by atoms with Crippen molar-refractivity contribution in [3.05, 3.63) is 29.8 Å². The third-order valence-corrected chi connectivity index (χ3v) is 3.28. The first-order chi connectivity index (χ1) is 8.58. The monoisotopic (exact) mass is 251 g/mol. The summed E-state index contributed by atoms with van der Waals surface area (Å²) in [6, 6.07) is 6.86.